The van der Waals surface area contributed by atoms with Crippen LogP contribution in [-0.2, 0) is 23.9 Å². The molecule has 4 amide bonds. The number of carbonyl (C=O) groups excluding carboxylic acids is 5. The first-order valence-corrected chi connectivity index (χ1v) is 27.1. The van der Waals surface area contributed by atoms with Crippen molar-refractivity contribution in [2.75, 3.05) is 30.6 Å². The molecule has 6 atom stereocenters. The summed E-state index contributed by atoms with van der Waals surface area (Å²) in [7, 11) is 2.47. The Bertz CT molecular complexity index is 3110. The minimum Gasteiger partial charge on any atom is -0.870 e. The first-order valence-electron chi connectivity index (χ1n) is 27.1. The van der Waals surface area contributed by atoms with Gasteiger partial charge in [0.05, 0.1) is 56.9 Å². The number of fused-ring (bicyclic) bond motifs is 4. The normalized spacial score (nSPS) is 21.0. The molecular weight excluding hydrogens is 1140 g/mol. The molecule has 2 N–H and O–H groups in total. The molecule has 0 unspecified atom stereocenters. The molecule has 2 aliphatic heterocycles. The fraction of sp³-hybridized carbons (Fsp3) is 0.483. The molecule has 2 heterocycles. The third-order valence-corrected chi connectivity index (χ3v) is 15.8. The van der Waals surface area contributed by atoms with E-state index in [1.807, 2.05) is 0 Å². The smallest absolute Gasteiger partial charge is 0.870 e. The van der Waals surface area contributed by atoms with Gasteiger partial charge in [0.2, 0.25) is 11.8 Å². The average Bonchev–Trinajstić information content (AvgIpc) is 1.58. The Kier molecular flexibility index (Phi) is 20.6. The van der Waals surface area contributed by atoms with Gasteiger partial charge in [-0.2, -0.15) is 0 Å². The third kappa shape index (κ3) is 14.3. The molecule has 4 fully saturated rings. The van der Waals surface area contributed by atoms with Gasteiger partial charge in [0, 0.05) is 83.5 Å². The van der Waals surface area contributed by atoms with E-state index in [1.54, 1.807) is 21.6 Å². The van der Waals surface area contributed by atoms with Crippen molar-refractivity contribution in [2.24, 2.45) is 11.8 Å². The third-order valence-electron chi connectivity index (χ3n) is 15.8. The van der Waals surface area contributed by atoms with E-state index >= 15 is 0 Å². The standard InChI is InChI=1S/C30H32F4N2O6.C28H28F4N2O6.Na.H2O/c1-3-41-27(38)14-13-26(37)35(18-8-9-18)28-20-5-4-6-23(20)36(24-12-7-17(31)15-22(24)28)29(39)21-11-10-19(16-25(21)40-2)42-30(32,33)34;1-39-23-14-17(40-28(30,31)32)8-9-19(23)27(38)34-21-4-2-3-18(21)26(20-13-15(29)5-10-22(20)34)33(16-6-7-16)24(35)11-12-25(36)37;;/h7,10-12,15-16,18,20,23,28H,3-6,8-9,13-14H2,1-2H3;5,8-10,13-14,16,18,21,26H,2-4,6-7,11-12H2,1H3,(H,36,37);;1H2/q;;+1;/p-1/t20-,23+,28-;18-,21+,26-;;/m11../s1. The van der Waals surface area contributed by atoms with E-state index in [1.165, 1.54) is 67.7 Å². The van der Waals surface area contributed by atoms with E-state index in [2.05, 4.69) is 9.47 Å². The SMILES string of the molecule is CCOC(=O)CCC(=O)N(C1CC1)[C@H]1c2cc(F)ccc2N(C(=O)c2ccc(OC(F)(F)F)cc2OC)[C@H]2CCC[C@H]21.COc1cc(OC(F)(F)F)ccc1C(=O)N1c2ccc(F)cc2[C@H](N(C(=O)CCC(=O)O)C2CC2)[C@@H]2CCC[C@@H]21.[Na+].[OH-]. The maximum absolute atomic E-state index is 14.8. The molecule has 0 radical (unpaired) electrons. The van der Waals surface area contributed by atoms with Gasteiger partial charge in [-0.05, 0) is 119 Å². The number of nitrogens with zero attached hydrogens (tertiary/aromatic N) is 4. The van der Waals surface area contributed by atoms with Crippen molar-refractivity contribution in [3.8, 4) is 23.0 Å². The summed E-state index contributed by atoms with van der Waals surface area (Å²) in [5.74, 6) is -5.96. The number of methoxy groups -OCH3 is 2. The van der Waals surface area contributed by atoms with E-state index in [-0.39, 0.29) is 138 Å². The molecule has 4 aliphatic carbocycles. The van der Waals surface area contributed by atoms with Crippen molar-refractivity contribution in [3.05, 3.63) is 107 Å². The number of esters is 1. The van der Waals surface area contributed by atoms with Crippen molar-refractivity contribution >= 4 is 46.9 Å². The Morgan fingerprint density at radius 3 is 1.33 bits per heavy atom. The Hall–Kier alpha value is -6.70. The molecule has 17 nitrogen and oxygen atoms in total. The van der Waals surface area contributed by atoms with Crippen LogP contribution in [0.1, 0.15) is 141 Å². The summed E-state index contributed by atoms with van der Waals surface area (Å²) in [6, 6.07) is 12.7. The zero-order valence-corrected chi connectivity index (χ0v) is 48.4. The number of hydrogen-bond acceptors (Lipinski definition) is 12. The van der Waals surface area contributed by atoms with Crippen molar-refractivity contribution in [1.29, 1.82) is 0 Å². The van der Waals surface area contributed by atoms with E-state index < -0.39 is 71.7 Å². The summed E-state index contributed by atoms with van der Waals surface area (Å²) in [6.07, 6.45) is -3.31. The predicted octanol–water partition coefficient (Wildman–Crippen LogP) is 8.22. The molecule has 6 aliphatic rings. The molecule has 4 aromatic rings. The number of carboxylic acids is 1. The zero-order chi connectivity index (χ0) is 58.9. The Labute approximate surface area is 500 Å². The molecule has 448 valence electrons. The molecule has 0 spiro atoms. The minimum absolute atomic E-state index is 0. The first kappa shape index (κ1) is 64.9. The second-order valence-corrected chi connectivity index (χ2v) is 21.1. The van der Waals surface area contributed by atoms with Crippen molar-refractivity contribution < 1.29 is 128 Å². The summed E-state index contributed by atoms with van der Waals surface area (Å²) in [5, 5.41) is 9.13. The summed E-state index contributed by atoms with van der Waals surface area (Å²) in [5.41, 5.74) is 1.79. The molecule has 0 bridgehead atoms. The van der Waals surface area contributed by atoms with Crippen LogP contribution < -0.4 is 58.3 Å². The van der Waals surface area contributed by atoms with E-state index in [9.17, 15) is 63.9 Å². The number of halogens is 8. The molecule has 84 heavy (non-hydrogen) atoms. The van der Waals surface area contributed by atoms with Gasteiger partial charge in [-0.15, -0.1) is 26.3 Å². The van der Waals surface area contributed by atoms with Gasteiger partial charge >= 0.3 is 54.2 Å². The van der Waals surface area contributed by atoms with Gasteiger partial charge in [0.25, 0.3) is 11.8 Å². The Balaban J connectivity index is 0.000000236. The molecule has 10 rings (SSSR count). The fourth-order valence-corrected chi connectivity index (χ4v) is 12.5. The van der Waals surface area contributed by atoms with Crippen LogP contribution in [0.15, 0.2) is 72.8 Å². The number of amides is 4. The fourth-order valence-electron chi connectivity index (χ4n) is 12.5. The van der Waals surface area contributed by atoms with Gasteiger partial charge in [0.1, 0.15) is 34.6 Å². The van der Waals surface area contributed by atoms with E-state index in [4.69, 9.17) is 19.3 Å². The zero-order valence-electron chi connectivity index (χ0n) is 46.4. The molecule has 0 saturated heterocycles. The number of rotatable bonds is 17. The molecule has 4 aromatic carbocycles. The van der Waals surface area contributed by atoms with Crippen molar-refractivity contribution in [2.45, 2.75) is 146 Å². The summed E-state index contributed by atoms with van der Waals surface area (Å²) in [6.45, 7) is 1.91. The van der Waals surface area contributed by atoms with Crippen LogP contribution in [0, 0.1) is 23.5 Å². The number of carbonyl (C=O) groups is 6. The monoisotopic (exact) mass is 1200 g/mol. The van der Waals surface area contributed by atoms with Crippen LogP contribution in [0.3, 0.4) is 0 Å². The molecule has 26 heteroatoms. The van der Waals surface area contributed by atoms with Crippen LogP contribution in [0.4, 0.5) is 46.5 Å². The van der Waals surface area contributed by atoms with Gasteiger partial charge < -0.3 is 53.9 Å². The van der Waals surface area contributed by atoms with Gasteiger partial charge in [0.15, 0.2) is 0 Å². The summed E-state index contributed by atoms with van der Waals surface area (Å²) < 4.78 is 130. The van der Waals surface area contributed by atoms with Gasteiger partial charge in [-0.25, -0.2) is 8.78 Å². The topological polar surface area (TPSA) is 212 Å². The Morgan fingerprint density at radius 1 is 0.571 bits per heavy atom. The number of aliphatic carboxylic acids is 1. The maximum atomic E-state index is 14.8. The minimum atomic E-state index is -4.92. The van der Waals surface area contributed by atoms with Gasteiger partial charge in [-0.3, -0.25) is 28.8 Å². The average molecular weight is 1200 g/mol. The summed E-state index contributed by atoms with van der Waals surface area (Å²) >= 11 is 0. The van der Waals surface area contributed by atoms with Gasteiger partial charge in [-0.1, -0.05) is 12.8 Å². The van der Waals surface area contributed by atoms with Crippen molar-refractivity contribution in [3.63, 3.8) is 0 Å². The number of alkyl halides is 6. The number of anilines is 2. The molecule has 4 saturated carbocycles. The molecule has 0 aromatic heterocycles. The largest absolute Gasteiger partial charge is 1.00 e. The number of ether oxygens (including phenoxy) is 5. The van der Waals surface area contributed by atoms with Crippen LogP contribution >= 0.6 is 0 Å². The van der Waals surface area contributed by atoms with Crippen LogP contribution in [0.5, 0.6) is 23.0 Å². The van der Waals surface area contributed by atoms with Crippen molar-refractivity contribution in [1.82, 2.24) is 9.80 Å². The quantitative estimate of drug-likeness (QED) is 0.0601. The second kappa shape index (κ2) is 26.7. The Morgan fingerprint density at radius 2 is 0.976 bits per heavy atom. The number of hydrogen-bond donors (Lipinski definition) is 1. The maximum Gasteiger partial charge on any atom is 1.00 e. The van der Waals surface area contributed by atoms with Crippen LogP contribution in [0.25, 0.3) is 0 Å². The van der Waals surface area contributed by atoms with E-state index in [0.29, 0.717) is 48.2 Å². The van der Waals surface area contributed by atoms with Crippen LogP contribution in [0.2, 0.25) is 0 Å². The number of benzene rings is 4. The number of carboxylic acid groups (broad SMARTS) is 1. The summed E-state index contributed by atoms with van der Waals surface area (Å²) in [4.78, 5) is 84.9. The van der Waals surface area contributed by atoms with E-state index in [0.717, 1.165) is 62.8 Å². The van der Waals surface area contributed by atoms with Crippen LogP contribution in [-0.4, -0.2) is 114 Å². The second-order valence-electron chi connectivity index (χ2n) is 21.1. The molecular formula is C58H61F8N4NaO13. The predicted molar refractivity (Wildman–Crippen MR) is 278 cm³/mol. The first-order chi connectivity index (χ1) is 39.0.